The SMILES string of the molecule is C#CC(CCC)NC(=O)c1ccc(Br)c([N+](=O)[O-])c1. The highest BCUT2D eigenvalue weighted by molar-refractivity contribution is 9.10. The first-order valence-corrected chi connectivity index (χ1v) is 6.49. The molecule has 0 heterocycles. The molecule has 6 heteroatoms. The minimum absolute atomic E-state index is 0.152. The predicted molar refractivity (Wildman–Crippen MR) is 75.8 cm³/mol. The number of hydrogen-bond donors (Lipinski definition) is 1. The van der Waals surface area contributed by atoms with Gasteiger partial charge in [-0.25, -0.2) is 0 Å². The van der Waals surface area contributed by atoms with E-state index in [1.807, 2.05) is 6.92 Å². The molecule has 0 fully saturated rings. The molecule has 0 spiro atoms. The second-order valence-corrected chi connectivity index (χ2v) is 4.76. The Morgan fingerprint density at radius 2 is 2.32 bits per heavy atom. The molecule has 0 radical (unpaired) electrons. The van der Waals surface area contributed by atoms with Crippen LogP contribution in [0.3, 0.4) is 0 Å². The summed E-state index contributed by atoms with van der Waals surface area (Å²) in [5.74, 6) is 2.07. The van der Waals surface area contributed by atoms with Gasteiger partial charge in [-0.15, -0.1) is 6.42 Å². The quantitative estimate of drug-likeness (QED) is 0.514. The summed E-state index contributed by atoms with van der Waals surface area (Å²) in [5.41, 5.74) is 0.0617. The molecule has 1 amide bonds. The average Bonchev–Trinajstić information content (AvgIpc) is 2.38. The second-order valence-electron chi connectivity index (χ2n) is 3.90. The number of nitrogens with zero attached hydrogens (tertiary/aromatic N) is 1. The van der Waals surface area contributed by atoms with E-state index >= 15 is 0 Å². The summed E-state index contributed by atoms with van der Waals surface area (Å²) in [5, 5.41) is 13.4. The minimum atomic E-state index is -0.550. The maximum Gasteiger partial charge on any atom is 0.284 e. The molecule has 19 heavy (non-hydrogen) atoms. The molecule has 1 rings (SSSR count). The molecule has 0 bridgehead atoms. The summed E-state index contributed by atoms with van der Waals surface area (Å²) in [7, 11) is 0. The Balaban J connectivity index is 2.92. The molecule has 0 aliphatic heterocycles. The summed E-state index contributed by atoms with van der Waals surface area (Å²) in [6, 6.07) is 3.84. The van der Waals surface area contributed by atoms with Crippen molar-refractivity contribution in [3.8, 4) is 12.3 Å². The number of carbonyl (C=O) groups excluding carboxylic acids is 1. The standard InChI is InChI=1S/C13H13BrN2O3/c1-3-5-10(4-2)15-13(17)9-6-7-11(14)12(8-9)16(18)19/h2,6-8,10H,3,5H2,1H3,(H,15,17). The lowest BCUT2D eigenvalue weighted by Crippen LogP contribution is -2.33. The van der Waals surface area contributed by atoms with Gasteiger partial charge in [-0.3, -0.25) is 14.9 Å². The van der Waals surface area contributed by atoms with Crippen LogP contribution in [0.1, 0.15) is 30.1 Å². The zero-order valence-corrected chi connectivity index (χ0v) is 11.9. The lowest BCUT2D eigenvalue weighted by molar-refractivity contribution is -0.385. The van der Waals surface area contributed by atoms with Crippen LogP contribution in [0, 0.1) is 22.5 Å². The van der Waals surface area contributed by atoms with Crippen molar-refractivity contribution in [3.05, 3.63) is 38.3 Å². The first-order valence-electron chi connectivity index (χ1n) is 5.70. The summed E-state index contributed by atoms with van der Waals surface area (Å²) in [4.78, 5) is 22.2. The van der Waals surface area contributed by atoms with Gasteiger partial charge in [0.25, 0.3) is 11.6 Å². The maximum atomic E-state index is 11.9. The Labute approximate surface area is 119 Å². The zero-order chi connectivity index (χ0) is 14.4. The van der Waals surface area contributed by atoms with Crippen LogP contribution in [0.2, 0.25) is 0 Å². The molecule has 0 aliphatic carbocycles. The summed E-state index contributed by atoms with van der Waals surface area (Å²) < 4.78 is 0.330. The molecule has 100 valence electrons. The van der Waals surface area contributed by atoms with Gasteiger partial charge < -0.3 is 5.32 Å². The van der Waals surface area contributed by atoms with Gasteiger partial charge in [-0.1, -0.05) is 19.3 Å². The molecule has 0 aromatic heterocycles. The minimum Gasteiger partial charge on any atom is -0.338 e. The number of terminal acetylenes is 1. The second kappa shape index (κ2) is 6.90. The molecule has 1 atom stereocenters. The third kappa shape index (κ3) is 4.07. The van der Waals surface area contributed by atoms with Crippen molar-refractivity contribution in [2.24, 2.45) is 0 Å². The normalized spacial score (nSPS) is 11.4. The first-order chi connectivity index (χ1) is 8.99. The maximum absolute atomic E-state index is 11.9. The van der Waals surface area contributed by atoms with Crippen LogP contribution in [-0.4, -0.2) is 16.9 Å². The van der Waals surface area contributed by atoms with Gasteiger partial charge in [-0.05, 0) is 34.5 Å². The molecule has 1 N–H and O–H groups in total. The fourth-order valence-corrected chi connectivity index (χ4v) is 1.91. The van der Waals surface area contributed by atoms with E-state index < -0.39 is 10.8 Å². The van der Waals surface area contributed by atoms with E-state index in [1.165, 1.54) is 18.2 Å². The number of nitro benzene ring substituents is 1. The number of amides is 1. The van der Waals surface area contributed by atoms with E-state index in [0.29, 0.717) is 10.9 Å². The van der Waals surface area contributed by atoms with Gasteiger partial charge in [0.1, 0.15) is 0 Å². The molecule has 5 nitrogen and oxygen atoms in total. The number of hydrogen-bond acceptors (Lipinski definition) is 3. The van der Waals surface area contributed by atoms with E-state index in [0.717, 1.165) is 6.42 Å². The largest absolute Gasteiger partial charge is 0.338 e. The van der Waals surface area contributed by atoms with Crippen molar-refractivity contribution in [2.45, 2.75) is 25.8 Å². The van der Waals surface area contributed by atoms with E-state index in [1.54, 1.807) is 0 Å². The van der Waals surface area contributed by atoms with Crippen molar-refractivity contribution in [3.63, 3.8) is 0 Å². The number of benzene rings is 1. The third-order valence-electron chi connectivity index (χ3n) is 2.49. The number of nitro groups is 1. The van der Waals surface area contributed by atoms with Crippen molar-refractivity contribution in [1.29, 1.82) is 0 Å². The van der Waals surface area contributed by atoms with Crippen molar-refractivity contribution in [2.75, 3.05) is 0 Å². The van der Waals surface area contributed by atoms with Crippen molar-refractivity contribution in [1.82, 2.24) is 5.32 Å². The molecule has 1 aromatic rings. The van der Waals surface area contributed by atoms with Gasteiger partial charge in [-0.2, -0.15) is 0 Å². The topological polar surface area (TPSA) is 72.2 Å². The van der Waals surface area contributed by atoms with E-state index in [9.17, 15) is 14.9 Å². The molecule has 0 saturated carbocycles. The Kier molecular flexibility index (Phi) is 5.52. The molecule has 1 unspecified atom stereocenters. The Morgan fingerprint density at radius 1 is 1.63 bits per heavy atom. The Morgan fingerprint density at radius 3 is 2.84 bits per heavy atom. The molecular formula is C13H13BrN2O3. The fourth-order valence-electron chi connectivity index (χ4n) is 1.52. The highest BCUT2D eigenvalue weighted by Crippen LogP contribution is 2.25. The highest BCUT2D eigenvalue weighted by atomic mass is 79.9. The van der Waals surface area contributed by atoms with Crippen molar-refractivity contribution < 1.29 is 9.72 Å². The molecule has 1 aromatic carbocycles. The van der Waals surface area contributed by atoms with E-state index in [-0.39, 0.29) is 17.3 Å². The summed E-state index contributed by atoms with van der Waals surface area (Å²) >= 11 is 3.06. The van der Waals surface area contributed by atoms with Crippen LogP contribution in [-0.2, 0) is 0 Å². The van der Waals surface area contributed by atoms with Gasteiger partial charge in [0, 0.05) is 11.6 Å². The van der Waals surface area contributed by atoms with Gasteiger partial charge in [0.2, 0.25) is 0 Å². The van der Waals surface area contributed by atoms with Crippen LogP contribution in [0.25, 0.3) is 0 Å². The lowest BCUT2D eigenvalue weighted by Gasteiger charge is -2.12. The number of nitrogens with one attached hydrogen (secondary N) is 1. The zero-order valence-electron chi connectivity index (χ0n) is 10.4. The first kappa shape index (κ1) is 15.2. The Bertz CT molecular complexity index is 537. The average molecular weight is 325 g/mol. The van der Waals surface area contributed by atoms with Crippen LogP contribution in [0.15, 0.2) is 22.7 Å². The number of carbonyl (C=O) groups is 1. The van der Waals surface area contributed by atoms with E-state index in [2.05, 4.69) is 27.2 Å². The van der Waals surface area contributed by atoms with Crippen LogP contribution < -0.4 is 5.32 Å². The fraction of sp³-hybridized carbons (Fsp3) is 0.308. The van der Waals surface area contributed by atoms with Crippen LogP contribution in [0.4, 0.5) is 5.69 Å². The summed E-state index contributed by atoms with van der Waals surface area (Å²) in [6.07, 6.45) is 6.82. The third-order valence-corrected chi connectivity index (χ3v) is 3.16. The van der Waals surface area contributed by atoms with Gasteiger partial charge in [0.05, 0.1) is 15.4 Å². The van der Waals surface area contributed by atoms with Gasteiger partial charge in [0.15, 0.2) is 0 Å². The molecule has 0 saturated heterocycles. The molecular weight excluding hydrogens is 312 g/mol. The molecule has 0 aliphatic rings. The van der Waals surface area contributed by atoms with E-state index in [4.69, 9.17) is 6.42 Å². The van der Waals surface area contributed by atoms with Crippen LogP contribution >= 0.6 is 15.9 Å². The van der Waals surface area contributed by atoms with Gasteiger partial charge >= 0.3 is 0 Å². The monoisotopic (exact) mass is 324 g/mol. The highest BCUT2D eigenvalue weighted by Gasteiger charge is 2.17. The lowest BCUT2D eigenvalue weighted by atomic mass is 10.1. The Hall–Kier alpha value is -1.87. The summed E-state index contributed by atoms with van der Waals surface area (Å²) in [6.45, 7) is 1.96. The van der Waals surface area contributed by atoms with Crippen LogP contribution in [0.5, 0.6) is 0 Å². The predicted octanol–water partition coefficient (Wildman–Crippen LogP) is 2.89. The van der Waals surface area contributed by atoms with Crippen molar-refractivity contribution >= 4 is 27.5 Å². The smallest absolute Gasteiger partial charge is 0.284 e. The number of halogens is 1. The number of rotatable bonds is 5.